The molecule has 0 saturated carbocycles. The zero-order valence-corrected chi connectivity index (χ0v) is 2.39. The van der Waals surface area contributed by atoms with Crippen LogP contribution in [-0.4, -0.2) is 39.3 Å². The van der Waals surface area contributed by atoms with Crippen molar-refractivity contribution in [2.45, 2.75) is 0 Å². The van der Waals surface area contributed by atoms with Gasteiger partial charge in [0.1, 0.15) is 9.03 Å². The Morgan fingerprint density at radius 2 is 1.25 bits per heavy atom. The Labute approximate surface area is 48.5 Å². The minimum absolute atomic E-state index is 0. The van der Waals surface area contributed by atoms with Crippen LogP contribution in [0.3, 0.4) is 0 Å². The summed E-state index contributed by atoms with van der Waals surface area (Å²) >= 11 is 0. The number of rotatable bonds is 0. The molecule has 0 unspecified atom stereocenters. The second-order valence-electron chi connectivity index (χ2n) is 0.100. The monoisotopic (exact) mass is 90.0 g/mol. The molecule has 0 heterocycles. The summed E-state index contributed by atoms with van der Waals surface area (Å²) in [5.41, 5.74) is 0. The van der Waals surface area contributed by atoms with Gasteiger partial charge in [-0.1, -0.05) is 0 Å². The molecule has 22 valence electrons. The zero-order valence-electron chi connectivity index (χ0n) is 1.39. The zero-order chi connectivity index (χ0) is 2.71. The van der Waals surface area contributed by atoms with Crippen molar-refractivity contribution in [2.75, 3.05) is 0 Å². The summed E-state index contributed by atoms with van der Waals surface area (Å²) in [5, 5.41) is 0. The van der Waals surface area contributed by atoms with E-state index in [2.05, 4.69) is 0 Å². The Morgan fingerprint density at radius 3 is 1.25 bits per heavy atom. The average Bonchev–Trinajstić information content (AvgIpc) is 0.918. The Morgan fingerprint density at radius 1 is 1.25 bits per heavy atom. The third-order valence-corrected chi connectivity index (χ3v) is 0. The SMILES string of the molecule is OPO.[NaH]. The van der Waals surface area contributed by atoms with Crippen molar-refractivity contribution in [1.82, 2.24) is 0 Å². The Hall–Kier alpha value is 1.35. The van der Waals surface area contributed by atoms with Gasteiger partial charge in [0.2, 0.25) is 0 Å². The third-order valence-electron chi connectivity index (χ3n) is 0. The van der Waals surface area contributed by atoms with Crippen molar-refractivity contribution in [3.63, 3.8) is 0 Å². The van der Waals surface area contributed by atoms with Gasteiger partial charge >= 0.3 is 29.6 Å². The second kappa shape index (κ2) is 8.84. The Kier molecular flexibility index (Phi) is 19.9. The van der Waals surface area contributed by atoms with E-state index in [9.17, 15) is 0 Å². The van der Waals surface area contributed by atoms with Crippen molar-refractivity contribution in [3.8, 4) is 0 Å². The topological polar surface area (TPSA) is 40.5 Å². The first-order chi connectivity index (χ1) is 1.41. The van der Waals surface area contributed by atoms with Crippen molar-refractivity contribution < 1.29 is 9.79 Å². The van der Waals surface area contributed by atoms with Crippen LogP contribution in [0.2, 0.25) is 0 Å². The van der Waals surface area contributed by atoms with E-state index in [0.29, 0.717) is 0 Å². The molecular formula is H4NaO2P. The molecule has 0 aromatic rings. The van der Waals surface area contributed by atoms with E-state index in [1.54, 1.807) is 0 Å². The fourth-order valence-corrected chi connectivity index (χ4v) is 0. The molecule has 0 rings (SSSR count). The summed E-state index contributed by atoms with van der Waals surface area (Å²) in [6, 6.07) is 0. The number of hydrogen-bond acceptors (Lipinski definition) is 2. The van der Waals surface area contributed by atoms with Crippen LogP contribution in [0, 0.1) is 0 Å². The molecule has 0 bridgehead atoms. The van der Waals surface area contributed by atoms with Crippen LogP contribution in [0.4, 0.5) is 0 Å². The maximum absolute atomic E-state index is 7.15. The standard InChI is InChI=1S/Na.H3O2P.H/c;1-3-2;/h;1-3H;. The normalized spacial score (nSPS) is 4.50. The van der Waals surface area contributed by atoms with Crippen LogP contribution in [-0.2, 0) is 0 Å². The van der Waals surface area contributed by atoms with E-state index >= 15 is 0 Å². The van der Waals surface area contributed by atoms with E-state index < -0.39 is 9.03 Å². The van der Waals surface area contributed by atoms with E-state index in [1.165, 1.54) is 0 Å². The molecule has 0 spiro atoms. The fourth-order valence-electron chi connectivity index (χ4n) is 0. The Balaban J connectivity index is 0. The van der Waals surface area contributed by atoms with Gasteiger partial charge in [0.05, 0.1) is 0 Å². The quantitative estimate of drug-likeness (QED) is 0.290. The van der Waals surface area contributed by atoms with Gasteiger partial charge in [-0.2, -0.15) is 0 Å². The first kappa shape index (κ1) is 9.02. The molecule has 0 aliphatic carbocycles. The van der Waals surface area contributed by atoms with Crippen LogP contribution in [0.1, 0.15) is 0 Å². The van der Waals surface area contributed by atoms with Gasteiger partial charge < -0.3 is 9.79 Å². The molecule has 4 heteroatoms. The fraction of sp³-hybridized carbons (Fsp3) is 0. The molecular weight excluding hydrogens is 86.0 g/mol. The summed E-state index contributed by atoms with van der Waals surface area (Å²) in [5.74, 6) is 0. The van der Waals surface area contributed by atoms with Gasteiger partial charge in [-0.05, 0) is 0 Å². The molecule has 0 radical (unpaired) electrons. The minimum atomic E-state index is -0.917. The van der Waals surface area contributed by atoms with Gasteiger partial charge in [-0.15, -0.1) is 0 Å². The summed E-state index contributed by atoms with van der Waals surface area (Å²) in [6.45, 7) is 0. The first-order valence-corrected chi connectivity index (χ1v) is 1.34. The molecule has 0 aromatic heterocycles. The number of hydrogen-bond donors (Lipinski definition) is 2. The van der Waals surface area contributed by atoms with Crippen LogP contribution in [0.25, 0.3) is 0 Å². The van der Waals surface area contributed by atoms with E-state index in [4.69, 9.17) is 9.79 Å². The molecule has 2 nitrogen and oxygen atoms in total. The van der Waals surface area contributed by atoms with Crippen LogP contribution in [0.5, 0.6) is 0 Å². The maximum atomic E-state index is 7.15. The molecule has 0 atom stereocenters. The van der Waals surface area contributed by atoms with Gasteiger partial charge in [-0.3, -0.25) is 0 Å². The molecule has 0 aromatic carbocycles. The van der Waals surface area contributed by atoms with Crippen molar-refractivity contribution >= 4 is 38.6 Å². The van der Waals surface area contributed by atoms with E-state index in [1.807, 2.05) is 0 Å². The summed E-state index contributed by atoms with van der Waals surface area (Å²) in [4.78, 5) is 14.3. The van der Waals surface area contributed by atoms with Gasteiger partial charge in [0.25, 0.3) is 0 Å². The second-order valence-corrected chi connectivity index (χ2v) is 0.300. The molecule has 2 N–H and O–H groups in total. The average molecular weight is 90.0 g/mol. The van der Waals surface area contributed by atoms with Crippen molar-refractivity contribution in [3.05, 3.63) is 0 Å². The van der Waals surface area contributed by atoms with E-state index in [0.717, 1.165) is 0 Å². The van der Waals surface area contributed by atoms with Crippen LogP contribution >= 0.6 is 9.03 Å². The molecule has 4 heavy (non-hydrogen) atoms. The molecule has 0 aliphatic rings. The van der Waals surface area contributed by atoms with E-state index in [-0.39, 0.29) is 29.6 Å². The summed E-state index contributed by atoms with van der Waals surface area (Å²) in [6.07, 6.45) is 0. The van der Waals surface area contributed by atoms with Crippen molar-refractivity contribution in [2.24, 2.45) is 0 Å². The third kappa shape index (κ3) is 10.2. The van der Waals surface area contributed by atoms with Crippen LogP contribution < -0.4 is 0 Å². The van der Waals surface area contributed by atoms with Gasteiger partial charge in [-0.25, -0.2) is 0 Å². The Bertz CT molecular complexity index is 6.00. The first-order valence-electron chi connectivity index (χ1n) is 0.447. The van der Waals surface area contributed by atoms with Crippen molar-refractivity contribution in [1.29, 1.82) is 0 Å². The summed E-state index contributed by atoms with van der Waals surface area (Å²) in [7, 11) is -0.917. The predicted octanol–water partition coefficient (Wildman–Crippen LogP) is -1.17. The molecule has 0 amide bonds. The van der Waals surface area contributed by atoms with Gasteiger partial charge in [0.15, 0.2) is 0 Å². The molecule has 0 saturated heterocycles. The summed E-state index contributed by atoms with van der Waals surface area (Å²) < 4.78 is 0. The molecule has 0 aliphatic heterocycles. The van der Waals surface area contributed by atoms with Gasteiger partial charge in [0, 0.05) is 0 Å². The predicted molar refractivity (Wildman–Crippen MR) is 19.9 cm³/mol. The molecule has 0 fully saturated rings. The van der Waals surface area contributed by atoms with Crippen LogP contribution in [0.15, 0.2) is 0 Å².